The van der Waals surface area contributed by atoms with Crippen LogP contribution in [0.3, 0.4) is 0 Å². The van der Waals surface area contributed by atoms with E-state index in [4.69, 9.17) is 0 Å². The number of rotatable bonds is 6. The third-order valence-corrected chi connectivity index (χ3v) is 2.42. The average Bonchev–Trinajstić information content (AvgIpc) is 2.34. The molecule has 0 aliphatic rings. The Morgan fingerprint density at radius 3 is 2.47 bits per heavy atom. The summed E-state index contributed by atoms with van der Waals surface area (Å²) in [5.41, 5.74) is 0.454. The fourth-order valence-electron chi connectivity index (χ4n) is 1.49. The maximum absolute atomic E-state index is 11.2. The maximum atomic E-state index is 11.2. The van der Waals surface area contributed by atoms with Gasteiger partial charge in [0.1, 0.15) is 5.69 Å². The highest BCUT2D eigenvalue weighted by atomic mass is 16.6. The second-order valence-electron chi connectivity index (χ2n) is 3.95. The summed E-state index contributed by atoms with van der Waals surface area (Å²) >= 11 is 0. The summed E-state index contributed by atoms with van der Waals surface area (Å²) in [5, 5.41) is 16.3. The number of anilines is 1. The number of carbonyl (C=O) groups is 2. The first kappa shape index (κ1) is 14.6. The first-order valence-electron chi connectivity index (χ1n) is 5.69. The molecule has 0 saturated heterocycles. The van der Waals surface area contributed by atoms with E-state index in [1.54, 1.807) is 0 Å². The molecule has 0 radical (unpaired) electrons. The SMILES string of the molecule is CC(=O)NCCNc1ccc(C(C)=O)cc1[N+](=O)[O-]. The summed E-state index contributed by atoms with van der Waals surface area (Å²) in [6, 6.07) is 4.25. The molecule has 0 aliphatic heterocycles. The van der Waals surface area contributed by atoms with Gasteiger partial charge in [-0.2, -0.15) is 0 Å². The minimum absolute atomic E-state index is 0.157. The number of ketones is 1. The molecule has 2 N–H and O–H groups in total. The van der Waals surface area contributed by atoms with Crippen LogP contribution in [0.1, 0.15) is 24.2 Å². The first-order valence-corrected chi connectivity index (χ1v) is 5.69. The quantitative estimate of drug-likeness (QED) is 0.350. The fourth-order valence-corrected chi connectivity index (χ4v) is 1.49. The van der Waals surface area contributed by atoms with E-state index in [1.165, 1.54) is 32.0 Å². The van der Waals surface area contributed by atoms with E-state index in [0.717, 1.165) is 0 Å². The summed E-state index contributed by atoms with van der Waals surface area (Å²) in [6.07, 6.45) is 0. The van der Waals surface area contributed by atoms with Crippen molar-refractivity contribution in [1.82, 2.24) is 5.32 Å². The van der Waals surface area contributed by atoms with Gasteiger partial charge in [-0.05, 0) is 19.1 Å². The lowest BCUT2D eigenvalue weighted by Crippen LogP contribution is -2.26. The van der Waals surface area contributed by atoms with Gasteiger partial charge in [0.05, 0.1) is 4.92 Å². The lowest BCUT2D eigenvalue weighted by Gasteiger charge is -2.08. The number of Topliss-reactive ketones (excluding diaryl/α,β-unsaturated/α-hetero) is 1. The number of nitro benzene ring substituents is 1. The van der Waals surface area contributed by atoms with Crippen molar-refractivity contribution >= 4 is 23.1 Å². The van der Waals surface area contributed by atoms with Crippen molar-refractivity contribution in [1.29, 1.82) is 0 Å². The Morgan fingerprint density at radius 2 is 1.95 bits per heavy atom. The largest absolute Gasteiger partial charge is 0.378 e. The number of nitro groups is 1. The predicted molar refractivity (Wildman–Crippen MR) is 70.3 cm³/mol. The molecule has 1 rings (SSSR count). The molecule has 0 aromatic heterocycles. The van der Waals surface area contributed by atoms with Crippen LogP contribution in [-0.2, 0) is 4.79 Å². The van der Waals surface area contributed by atoms with Gasteiger partial charge >= 0.3 is 0 Å². The number of nitrogens with zero attached hydrogens (tertiary/aromatic N) is 1. The van der Waals surface area contributed by atoms with Gasteiger partial charge < -0.3 is 10.6 Å². The van der Waals surface area contributed by atoms with Crippen molar-refractivity contribution in [2.75, 3.05) is 18.4 Å². The molecule has 0 unspecified atom stereocenters. The Hall–Kier alpha value is -2.44. The van der Waals surface area contributed by atoms with Crippen LogP contribution in [0, 0.1) is 10.1 Å². The van der Waals surface area contributed by atoms with Crippen molar-refractivity contribution in [3.8, 4) is 0 Å². The smallest absolute Gasteiger partial charge is 0.293 e. The molecule has 0 atom stereocenters. The highest BCUT2D eigenvalue weighted by Crippen LogP contribution is 2.25. The van der Waals surface area contributed by atoms with Crippen LogP contribution in [0.25, 0.3) is 0 Å². The Bertz CT molecular complexity index is 514. The maximum Gasteiger partial charge on any atom is 0.293 e. The fraction of sp³-hybridized carbons (Fsp3) is 0.333. The molecule has 0 heterocycles. The number of nitrogens with one attached hydrogen (secondary N) is 2. The Morgan fingerprint density at radius 1 is 1.26 bits per heavy atom. The second kappa shape index (κ2) is 6.48. The highest BCUT2D eigenvalue weighted by Gasteiger charge is 2.15. The van der Waals surface area contributed by atoms with Crippen LogP contribution in [-0.4, -0.2) is 29.7 Å². The number of hydrogen-bond donors (Lipinski definition) is 2. The zero-order chi connectivity index (χ0) is 14.4. The minimum Gasteiger partial charge on any atom is -0.378 e. The second-order valence-corrected chi connectivity index (χ2v) is 3.95. The Kier molecular flexibility index (Phi) is 4.99. The zero-order valence-corrected chi connectivity index (χ0v) is 10.7. The molecule has 19 heavy (non-hydrogen) atoms. The topological polar surface area (TPSA) is 101 Å². The lowest BCUT2D eigenvalue weighted by molar-refractivity contribution is -0.384. The zero-order valence-electron chi connectivity index (χ0n) is 10.7. The monoisotopic (exact) mass is 265 g/mol. The van der Waals surface area contributed by atoms with Crippen molar-refractivity contribution in [2.24, 2.45) is 0 Å². The van der Waals surface area contributed by atoms with E-state index in [-0.39, 0.29) is 17.4 Å². The third-order valence-electron chi connectivity index (χ3n) is 2.42. The van der Waals surface area contributed by atoms with Crippen LogP contribution in [0.15, 0.2) is 18.2 Å². The van der Waals surface area contributed by atoms with Gasteiger partial charge in [-0.25, -0.2) is 0 Å². The number of benzene rings is 1. The van der Waals surface area contributed by atoms with Gasteiger partial charge in [0.25, 0.3) is 5.69 Å². The Balaban J connectivity index is 2.79. The van der Waals surface area contributed by atoms with E-state index >= 15 is 0 Å². The minimum atomic E-state index is -0.548. The molecule has 0 saturated carbocycles. The molecule has 1 amide bonds. The average molecular weight is 265 g/mol. The molecule has 0 fully saturated rings. The van der Waals surface area contributed by atoms with Crippen molar-refractivity contribution in [2.45, 2.75) is 13.8 Å². The normalized spacial score (nSPS) is 9.79. The first-order chi connectivity index (χ1) is 8.91. The molecule has 1 aromatic carbocycles. The van der Waals surface area contributed by atoms with Gasteiger partial charge in [-0.1, -0.05) is 0 Å². The molecule has 102 valence electrons. The summed E-state index contributed by atoms with van der Waals surface area (Å²) in [4.78, 5) is 32.2. The van der Waals surface area contributed by atoms with Crippen LogP contribution in [0.2, 0.25) is 0 Å². The summed E-state index contributed by atoms with van der Waals surface area (Å²) in [6.45, 7) is 3.47. The van der Waals surface area contributed by atoms with Crippen LogP contribution >= 0.6 is 0 Å². The van der Waals surface area contributed by atoms with Gasteiger partial charge in [0.2, 0.25) is 5.91 Å². The van der Waals surface area contributed by atoms with Gasteiger partial charge in [-0.3, -0.25) is 19.7 Å². The van der Waals surface area contributed by atoms with Gasteiger partial charge in [0, 0.05) is 31.6 Å². The molecule has 7 nitrogen and oxygen atoms in total. The molecule has 0 spiro atoms. The third kappa shape index (κ3) is 4.38. The van der Waals surface area contributed by atoms with E-state index in [0.29, 0.717) is 24.3 Å². The van der Waals surface area contributed by atoms with E-state index < -0.39 is 4.92 Å². The van der Waals surface area contributed by atoms with Crippen molar-refractivity contribution in [3.63, 3.8) is 0 Å². The lowest BCUT2D eigenvalue weighted by atomic mass is 10.1. The molecule has 0 bridgehead atoms. The molecule has 1 aromatic rings. The molecule has 0 aliphatic carbocycles. The number of hydrogen-bond acceptors (Lipinski definition) is 5. The van der Waals surface area contributed by atoms with E-state index in [9.17, 15) is 19.7 Å². The Labute approximate surface area is 110 Å². The van der Waals surface area contributed by atoms with Gasteiger partial charge in [-0.15, -0.1) is 0 Å². The van der Waals surface area contributed by atoms with E-state index in [1.807, 2.05) is 0 Å². The highest BCUT2D eigenvalue weighted by molar-refractivity contribution is 5.95. The van der Waals surface area contributed by atoms with Crippen LogP contribution < -0.4 is 10.6 Å². The molecular formula is C12H15N3O4. The summed E-state index contributed by atoms with van der Waals surface area (Å²) in [7, 11) is 0. The van der Waals surface area contributed by atoms with E-state index in [2.05, 4.69) is 10.6 Å². The van der Waals surface area contributed by atoms with Gasteiger partial charge in [0.15, 0.2) is 5.78 Å². The van der Waals surface area contributed by atoms with Crippen LogP contribution in [0.5, 0.6) is 0 Å². The standard InChI is InChI=1S/C12H15N3O4/c1-8(16)10-3-4-11(12(7-10)15(18)19)14-6-5-13-9(2)17/h3-4,7,14H,5-6H2,1-2H3,(H,13,17). The molecular weight excluding hydrogens is 250 g/mol. The summed E-state index contributed by atoms with van der Waals surface area (Å²) < 4.78 is 0. The summed E-state index contributed by atoms with van der Waals surface area (Å²) in [5.74, 6) is -0.392. The number of amides is 1. The molecule has 7 heteroatoms. The van der Waals surface area contributed by atoms with Crippen LogP contribution in [0.4, 0.5) is 11.4 Å². The number of carbonyl (C=O) groups excluding carboxylic acids is 2. The van der Waals surface area contributed by atoms with Crippen molar-refractivity contribution in [3.05, 3.63) is 33.9 Å². The van der Waals surface area contributed by atoms with Crippen molar-refractivity contribution < 1.29 is 14.5 Å². The predicted octanol–water partition coefficient (Wildman–Crippen LogP) is 1.35.